The highest BCUT2D eigenvalue weighted by molar-refractivity contribution is 5.89. The first-order valence-corrected chi connectivity index (χ1v) is 16.7. The summed E-state index contributed by atoms with van der Waals surface area (Å²) in [6.45, 7) is 19.9. The number of ether oxygens (including phenoxy) is 4. The van der Waals surface area contributed by atoms with Gasteiger partial charge in [0.1, 0.15) is 35.5 Å². The smallest absolute Gasteiger partial charge is 0.426 e. The van der Waals surface area contributed by atoms with E-state index in [9.17, 15) is 38.7 Å². The van der Waals surface area contributed by atoms with E-state index in [-0.39, 0.29) is 44.9 Å². The lowest BCUT2D eigenvalue weighted by molar-refractivity contribution is -0.158. The van der Waals surface area contributed by atoms with Gasteiger partial charge in [0, 0.05) is 26.1 Å². The molecule has 0 bridgehead atoms. The lowest BCUT2D eigenvalue weighted by Gasteiger charge is -2.26. The number of carbonyl (C=O) groups is 7. The molecule has 0 heterocycles. The molecule has 0 saturated heterocycles. The van der Waals surface area contributed by atoms with Crippen LogP contribution in [0.25, 0.3) is 0 Å². The molecule has 0 radical (unpaired) electrons. The molecule has 0 unspecified atom stereocenters. The van der Waals surface area contributed by atoms with Crippen LogP contribution in [0.2, 0.25) is 0 Å². The fraction of sp³-hybridized carbons (Fsp3) is 0.788. The zero-order chi connectivity index (χ0) is 39.8. The molecule has 0 aliphatic carbocycles. The maximum absolute atomic E-state index is 12.7. The lowest BCUT2D eigenvalue weighted by Crippen LogP contribution is -2.56. The third-order valence-corrected chi connectivity index (χ3v) is 6.12. The van der Waals surface area contributed by atoms with Crippen molar-refractivity contribution < 1.29 is 57.6 Å². The van der Waals surface area contributed by atoms with Crippen molar-refractivity contribution in [3.05, 3.63) is 0 Å². The number of carbonyl (C=O) groups excluding carboxylic acids is 7. The molecule has 18 heteroatoms. The summed E-state index contributed by atoms with van der Waals surface area (Å²) >= 11 is 0. The van der Waals surface area contributed by atoms with Crippen LogP contribution in [0.1, 0.15) is 102 Å². The van der Waals surface area contributed by atoms with E-state index in [0.717, 1.165) is 0 Å². The quantitative estimate of drug-likeness (QED) is 0.0480. The molecule has 3 atom stereocenters. The van der Waals surface area contributed by atoms with Gasteiger partial charge < -0.3 is 45.3 Å². The third kappa shape index (κ3) is 23.0. The molecule has 0 spiro atoms. The Bertz CT molecular complexity index is 1200. The van der Waals surface area contributed by atoms with Crippen molar-refractivity contribution in [2.45, 2.75) is 137 Å². The van der Waals surface area contributed by atoms with Gasteiger partial charge in [0.25, 0.3) is 5.91 Å². The summed E-state index contributed by atoms with van der Waals surface area (Å²) in [5.74, 6) is -3.26. The second kappa shape index (κ2) is 20.6. The molecule has 7 N–H and O–H groups in total. The first-order chi connectivity index (χ1) is 23.1. The maximum atomic E-state index is 12.7. The summed E-state index contributed by atoms with van der Waals surface area (Å²) in [4.78, 5) is 86.5. The highest BCUT2D eigenvalue weighted by atomic mass is 16.6. The Morgan fingerprint density at radius 1 is 0.667 bits per heavy atom. The van der Waals surface area contributed by atoms with Crippen molar-refractivity contribution in [3.63, 3.8) is 0 Å². The number of hydrogen-bond acceptors (Lipinski definition) is 13. The topological polar surface area (TPSA) is 249 Å². The highest BCUT2D eigenvalue weighted by Gasteiger charge is 2.31. The van der Waals surface area contributed by atoms with Gasteiger partial charge >= 0.3 is 24.1 Å². The predicted octanol–water partition coefficient (Wildman–Crippen LogP) is 1.09. The van der Waals surface area contributed by atoms with Gasteiger partial charge in [-0.2, -0.15) is 0 Å². The van der Waals surface area contributed by atoms with Crippen molar-refractivity contribution in [2.75, 3.05) is 26.2 Å². The fourth-order valence-corrected chi connectivity index (χ4v) is 3.78. The summed E-state index contributed by atoms with van der Waals surface area (Å²) in [5.41, 5.74) is 0.686. The molecule has 0 aromatic rings. The number of hydrogen-bond donors (Lipinski definition) is 7. The second-order valence-electron chi connectivity index (χ2n) is 15.5. The van der Waals surface area contributed by atoms with E-state index < -0.39 is 76.3 Å². The minimum absolute atomic E-state index is 0.0253. The summed E-state index contributed by atoms with van der Waals surface area (Å²) in [7, 11) is 0. The lowest BCUT2D eigenvalue weighted by atomic mass is 9.94. The Hall–Kier alpha value is -4.19. The zero-order valence-corrected chi connectivity index (χ0v) is 32.1. The fourth-order valence-electron chi connectivity index (χ4n) is 3.78. The minimum atomic E-state index is -1.41. The zero-order valence-electron chi connectivity index (χ0n) is 32.1. The largest absolute Gasteiger partial charge is 0.465 e. The van der Waals surface area contributed by atoms with Crippen LogP contribution in [-0.2, 0) is 42.9 Å². The van der Waals surface area contributed by atoms with Crippen LogP contribution in [0, 0.1) is 5.41 Å². The van der Waals surface area contributed by atoms with Gasteiger partial charge in [-0.15, -0.1) is 0 Å². The number of hydrazine groups is 1. The molecular weight excluding hydrogens is 672 g/mol. The number of amides is 5. The molecule has 5 amide bonds. The molecule has 0 fully saturated rings. The number of aliphatic hydroxyl groups excluding tert-OH is 1. The molecule has 18 nitrogen and oxygen atoms in total. The summed E-state index contributed by atoms with van der Waals surface area (Å²) in [5, 5.41) is 20.5. The van der Waals surface area contributed by atoms with Crippen molar-refractivity contribution in [1.29, 1.82) is 0 Å². The van der Waals surface area contributed by atoms with Crippen molar-refractivity contribution in [3.8, 4) is 0 Å². The number of esters is 2. The Morgan fingerprint density at radius 3 is 1.75 bits per heavy atom. The van der Waals surface area contributed by atoms with Crippen LogP contribution >= 0.6 is 0 Å². The van der Waals surface area contributed by atoms with Gasteiger partial charge in [0.05, 0.1) is 17.9 Å². The monoisotopic (exact) mass is 732 g/mol. The Kier molecular flexibility index (Phi) is 18.9. The van der Waals surface area contributed by atoms with Gasteiger partial charge in [0.2, 0.25) is 11.8 Å². The van der Waals surface area contributed by atoms with Gasteiger partial charge in [-0.3, -0.25) is 24.6 Å². The van der Waals surface area contributed by atoms with Gasteiger partial charge in [-0.1, -0.05) is 0 Å². The van der Waals surface area contributed by atoms with Crippen LogP contribution in [0.4, 0.5) is 9.59 Å². The normalized spacial score (nSPS) is 13.7. The van der Waals surface area contributed by atoms with Crippen molar-refractivity contribution in [1.82, 2.24) is 32.1 Å². The van der Waals surface area contributed by atoms with Gasteiger partial charge in [0.15, 0.2) is 0 Å². The molecule has 0 rings (SSSR count). The Morgan fingerprint density at radius 2 is 1.22 bits per heavy atom. The van der Waals surface area contributed by atoms with Gasteiger partial charge in [-0.25, -0.2) is 19.8 Å². The minimum Gasteiger partial charge on any atom is -0.465 e. The molecular formula is C33H60N6O12. The molecule has 0 saturated carbocycles. The maximum Gasteiger partial charge on any atom is 0.426 e. The average Bonchev–Trinajstić information content (AvgIpc) is 2.93. The number of alkyl carbamates (subject to hydrolysis) is 1. The van der Waals surface area contributed by atoms with E-state index in [4.69, 9.17) is 18.9 Å². The first kappa shape index (κ1) is 46.8. The van der Waals surface area contributed by atoms with E-state index >= 15 is 0 Å². The van der Waals surface area contributed by atoms with Crippen LogP contribution in [0.3, 0.4) is 0 Å². The summed E-state index contributed by atoms with van der Waals surface area (Å²) in [6.07, 6.45) is -3.48. The summed E-state index contributed by atoms with van der Waals surface area (Å²) in [6, 6.07) is -2.52. The van der Waals surface area contributed by atoms with Crippen LogP contribution in [0.15, 0.2) is 0 Å². The van der Waals surface area contributed by atoms with Crippen LogP contribution in [0.5, 0.6) is 0 Å². The van der Waals surface area contributed by atoms with E-state index in [1.165, 1.54) is 6.92 Å². The summed E-state index contributed by atoms with van der Waals surface area (Å²) < 4.78 is 20.8. The molecule has 0 aliphatic rings. The highest BCUT2D eigenvalue weighted by Crippen LogP contribution is 2.16. The molecule has 0 aromatic heterocycles. The molecule has 51 heavy (non-hydrogen) atoms. The Balaban J connectivity index is 4.67. The van der Waals surface area contributed by atoms with Crippen LogP contribution < -0.4 is 32.1 Å². The first-order valence-electron chi connectivity index (χ1n) is 16.7. The van der Waals surface area contributed by atoms with E-state index in [1.54, 1.807) is 76.2 Å². The van der Waals surface area contributed by atoms with Crippen LogP contribution in [-0.4, -0.2) is 108 Å². The second-order valence-corrected chi connectivity index (χ2v) is 15.5. The number of nitrogens with one attached hydrogen (secondary N) is 6. The van der Waals surface area contributed by atoms with Crippen molar-refractivity contribution >= 4 is 41.8 Å². The average molecular weight is 733 g/mol. The molecule has 0 aliphatic heterocycles. The molecule has 0 aromatic carbocycles. The SMILES string of the molecule is C[C@@H](O)[C@H](NC(=O)CCOC(=O)C(C)(C)CNCCNC(=O)CC[C@H](NC(=O)OC(C)(C)C)C(=O)OC(C)(C)C)C(=O)NNC(=O)OC(C)(C)C. The van der Waals surface area contributed by atoms with E-state index in [1.807, 2.05) is 5.43 Å². The number of rotatable bonds is 17. The Labute approximate surface area is 300 Å². The standard InChI is InChI=1S/C33H60N6O12/c1-20(40)24(25(43)38-39-29(47)51-32(8,9)10)37-23(42)15-18-48-27(45)33(11,12)19-34-16-17-35-22(41)14-13-21(26(44)49-30(2,3)4)36-28(46)50-31(5,6)7/h20-21,24,34,40H,13-19H2,1-12H3,(H,35,41)(H,36,46)(H,37,42)(H,38,43)(H,39,47)/t20-,21+,24+/m1/s1. The molecule has 294 valence electrons. The predicted molar refractivity (Wildman–Crippen MR) is 185 cm³/mol. The van der Waals surface area contributed by atoms with Gasteiger partial charge in [-0.05, 0) is 89.5 Å². The van der Waals surface area contributed by atoms with E-state index in [0.29, 0.717) is 6.54 Å². The number of aliphatic hydroxyl groups is 1. The van der Waals surface area contributed by atoms with Crippen molar-refractivity contribution in [2.24, 2.45) is 5.41 Å². The third-order valence-electron chi connectivity index (χ3n) is 6.12. The van der Waals surface area contributed by atoms with E-state index in [2.05, 4.69) is 26.7 Å².